The van der Waals surface area contributed by atoms with Crippen LogP contribution in [0.1, 0.15) is 32.6 Å². The molecular formula is C10H17NO3. The largest absolute Gasteiger partial charge is 0.369 e. The van der Waals surface area contributed by atoms with Gasteiger partial charge in [0.25, 0.3) is 0 Å². The Morgan fingerprint density at radius 3 is 2.07 bits per heavy atom. The van der Waals surface area contributed by atoms with Crippen LogP contribution in [0.4, 0.5) is 0 Å². The van der Waals surface area contributed by atoms with Crippen LogP contribution in [0.3, 0.4) is 0 Å². The van der Waals surface area contributed by atoms with E-state index in [1.807, 2.05) is 6.92 Å². The standard InChI is InChI=1S/C10H17NO3/c1-9(8(11)12)2-4-10(5-3-9)13-6-7-14-10/h2-7H2,1H3,(H2,11,12). The highest BCUT2D eigenvalue weighted by molar-refractivity contribution is 5.80. The lowest BCUT2D eigenvalue weighted by molar-refractivity contribution is -0.191. The molecule has 1 aliphatic carbocycles. The van der Waals surface area contributed by atoms with Crippen molar-refractivity contribution in [1.82, 2.24) is 0 Å². The van der Waals surface area contributed by atoms with E-state index in [9.17, 15) is 4.79 Å². The highest BCUT2D eigenvalue weighted by Crippen LogP contribution is 2.44. The summed E-state index contributed by atoms with van der Waals surface area (Å²) >= 11 is 0. The molecule has 0 unspecified atom stereocenters. The first-order chi connectivity index (χ1) is 6.56. The number of hydrogen-bond acceptors (Lipinski definition) is 3. The smallest absolute Gasteiger partial charge is 0.223 e. The van der Waals surface area contributed by atoms with Crippen molar-refractivity contribution in [2.45, 2.75) is 38.4 Å². The van der Waals surface area contributed by atoms with Gasteiger partial charge in [-0.2, -0.15) is 0 Å². The molecule has 2 rings (SSSR count). The lowest BCUT2D eigenvalue weighted by Crippen LogP contribution is -2.44. The molecule has 1 heterocycles. The first-order valence-electron chi connectivity index (χ1n) is 5.14. The number of ether oxygens (including phenoxy) is 2. The van der Waals surface area contributed by atoms with Crippen molar-refractivity contribution in [3.8, 4) is 0 Å². The highest BCUT2D eigenvalue weighted by atomic mass is 16.7. The SMILES string of the molecule is CC1(C(N)=O)CCC2(CC1)OCCO2. The minimum atomic E-state index is -0.394. The Labute approximate surface area is 83.7 Å². The molecule has 0 bridgehead atoms. The van der Waals surface area contributed by atoms with Gasteiger partial charge < -0.3 is 15.2 Å². The van der Waals surface area contributed by atoms with E-state index >= 15 is 0 Å². The second kappa shape index (κ2) is 3.21. The van der Waals surface area contributed by atoms with Gasteiger partial charge in [-0.05, 0) is 12.8 Å². The maximum atomic E-state index is 11.2. The van der Waals surface area contributed by atoms with Crippen LogP contribution in [0.15, 0.2) is 0 Å². The number of rotatable bonds is 1. The molecule has 0 radical (unpaired) electrons. The number of nitrogens with two attached hydrogens (primary N) is 1. The van der Waals surface area contributed by atoms with Gasteiger partial charge in [0.15, 0.2) is 5.79 Å². The molecule has 2 fully saturated rings. The molecule has 2 N–H and O–H groups in total. The first-order valence-corrected chi connectivity index (χ1v) is 5.14. The Morgan fingerprint density at radius 2 is 1.64 bits per heavy atom. The Kier molecular flexibility index (Phi) is 2.27. The second-order valence-corrected chi connectivity index (χ2v) is 4.53. The Morgan fingerprint density at radius 1 is 1.14 bits per heavy atom. The monoisotopic (exact) mass is 199 g/mol. The van der Waals surface area contributed by atoms with E-state index in [0.717, 1.165) is 25.7 Å². The number of hydrogen-bond donors (Lipinski definition) is 1. The van der Waals surface area contributed by atoms with Crippen LogP contribution >= 0.6 is 0 Å². The Hall–Kier alpha value is -0.610. The van der Waals surface area contributed by atoms with Crippen LogP contribution in [0.25, 0.3) is 0 Å². The number of carbonyl (C=O) groups is 1. The lowest BCUT2D eigenvalue weighted by Gasteiger charge is -2.39. The molecule has 1 saturated heterocycles. The molecule has 0 aromatic rings. The predicted molar refractivity (Wildman–Crippen MR) is 50.4 cm³/mol. The van der Waals surface area contributed by atoms with Crippen LogP contribution in [0.2, 0.25) is 0 Å². The summed E-state index contributed by atoms with van der Waals surface area (Å²) in [7, 11) is 0. The van der Waals surface area contributed by atoms with Crippen molar-refractivity contribution in [2.75, 3.05) is 13.2 Å². The molecule has 1 aliphatic heterocycles. The fourth-order valence-corrected chi connectivity index (χ4v) is 2.21. The van der Waals surface area contributed by atoms with Gasteiger partial charge in [0.2, 0.25) is 5.91 Å². The quantitative estimate of drug-likeness (QED) is 0.679. The molecule has 14 heavy (non-hydrogen) atoms. The van der Waals surface area contributed by atoms with Gasteiger partial charge in [-0.1, -0.05) is 6.92 Å². The molecule has 1 saturated carbocycles. The summed E-state index contributed by atoms with van der Waals surface area (Å²) in [5.74, 6) is -0.597. The molecule has 0 aromatic carbocycles. The highest BCUT2D eigenvalue weighted by Gasteiger charge is 2.46. The average Bonchev–Trinajstić information content (AvgIpc) is 2.60. The summed E-state index contributed by atoms with van der Waals surface area (Å²) in [6.45, 7) is 3.28. The Balaban J connectivity index is 2.01. The van der Waals surface area contributed by atoms with E-state index in [4.69, 9.17) is 15.2 Å². The van der Waals surface area contributed by atoms with E-state index in [1.54, 1.807) is 0 Å². The van der Waals surface area contributed by atoms with Gasteiger partial charge >= 0.3 is 0 Å². The zero-order valence-electron chi connectivity index (χ0n) is 8.54. The molecule has 0 atom stereocenters. The summed E-state index contributed by atoms with van der Waals surface area (Å²) in [6.07, 6.45) is 3.10. The third kappa shape index (κ3) is 1.53. The summed E-state index contributed by atoms with van der Waals surface area (Å²) in [6, 6.07) is 0. The maximum absolute atomic E-state index is 11.2. The van der Waals surface area contributed by atoms with E-state index in [0.29, 0.717) is 13.2 Å². The number of amides is 1. The van der Waals surface area contributed by atoms with Crippen molar-refractivity contribution in [3.63, 3.8) is 0 Å². The fraction of sp³-hybridized carbons (Fsp3) is 0.900. The molecule has 1 amide bonds. The lowest BCUT2D eigenvalue weighted by atomic mass is 9.73. The van der Waals surface area contributed by atoms with Gasteiger partial charge in [-0.25, -0.2) is 0 Å². The van der Waals surface area contributed by atoms with Crippen molar-refractivity contribution in [2.24, 2.45) is 11.1 Å². The van der Waals surface area contributed by atoms with Crippen LogP contribution in [-0.2, 0) is 14.3 Å². The summed E-state index contributed by atoms with van der Waals surface area (Å²) in [5, 5.41) is 0. The number of carbonyl (C=O) groups excluding carboxylic acids is 1. The molecule has 4 nitrogen and oxygen atoms in total. The fourth-order valence-electron chi connectivity index (χ4n) is 2.21. The van der Waals surface area contributed by atoms with E-state index in [-0.39, 0.29) is 11.3 Å². The number of primary amides is 1. The van der Waals surface area contributed by atoms with Gasteiger partial charge in [-0.15, -0.1) is 0 Å². The van der Waals surface area contributed by atoms with E-state index < -0.39 is 5.79 Å². The van der Waals surface area contributed by atoms with E-state index in [1.165, 1.54) is 0 Å². The van der Waals surface area contributed by atoms with Crippen LogP contribution < -0.4 is 5.73 Å². The summed E-state index contributed by atoms with van der Waals surface area (Å²) < 4.78 is 11.2. The summed E-state index contributed by atoms with van der Waals surface area (Å²) in [5.41, 5.74) is 5.01. The first kappa shape index (κ1) is 9.93. The topological polar surface area (TPSA) is 61.6 Å². The molecular weight excluding hydrogens is 182 g/mol. The van der Waals surface area contributed by atoms with Gasteiger partial charge in [0.05, 0.1) is 13.2 Å². The zero-order valence-corrected chi connectivity index (χ0v) is 8.54. The molecule has 2 aliphatic rings. The normalized spacial score (nSPS) is 29.2. The molecule has 4 heteroatoms. The minimum absolute atomic E-state index is 0.203. The van der Waals surface area contributed by atoms with Gasteiger partial charge in [0.1, 0.15) is 0 Å². The molecule has 0 aromatic heterocycles. The van der Waals surface area contributed by atoms with Crippen LogP contribution in [0, 0.1) is 5.41 Å². The Bertz CT molecular complexity index is 236. The predicted octanol–water partition coefficient (Wildman–Crippen LogP) is 0.795. The van der Waals surface area contributed by atoms with Crippen LogP contribution in [0.5, 0.6) is 0 Å². The van der Waals surface area contributed by atoms with Crippen molar-refractivity contribution >= 4 is 5.91 Å². The molecule has 80 valence electrons. The van der Waals surface area contributed by atoms with Gasteiger partial charge in [-0.3, -0.25) is 4.79 Å². The average molecular weight is 199 g/mol. The zero-order chi connectivity index (χ0) is 10.2. The van der Waals surface area contributed by atoms with E-state index in [2.05, 4.69) is 0 Å². The molecule has 1 spiro atoms. The van der Waals surface area contributed by atoms with Crippen LogP contribution in [-0.4, -0.2) is 24.9 Å². The van der Waals surface area contributed by atoms with Crippen molar-refractivity contribution < 1.29 is 14.3 Å². The van der Waals surface area contributed by atoms with Crippen molar-refractivity contribution in [3.05, 3.63) is 0 Å². The minimum Gasteiger partial charge on any atom is -0.369 e. The second-order valence-electron chi connectivity index (χ2n) is 4.53. The third-order valence-electron chi connectivity index (χ3n) is 3.52. The van der Waals surface area contributed by atoms with Gasteiger partial charge in [0, 0.05) is 18.3 Å². The van der Waals surface area contributed by atoms with Crippen molar-refractivity contribution in [1.29, 1.82) is 0 Å². The summed E-state index contributed by atoms with van der Waals surface area (Å²) in [4.78, 5) is 11.2. The maximum Gasteiger partial charge on any atom is 0.223 e. The third-order valence-corrected chi connectivity index (χ3v) is 3.52.